The summed E-state index contributed by atoms with van der Waals surface area (Å²) in [6, 6.07) is 0. The van der Waals surface area contributed by atoms with Gasteiger partial charge in [0.2, 0.25) is 0 Å². The highest BCUT2D eigenvalue weighted by Gasteiger charge is 2.31. The van der Waals surface area contributed by atoms with Gasteiger partial charge in [-0.2, -0.15) is 11.8 Å². The van der Waals surface area contributed by atoms with E-state index in [1.165, 1.54) is 11.9 Å². The molecule has 0 aliphatic carbocycles. The average molecular weight is 198 g/mol. The first kappa shape index (κ1) is 10.8. The molecule has 1 heterocycles. The zero-order valence-corrected chi connectivity index (χ0v) is 9.16. The van der Waals surface area contributed by atoms with Crippen LogP contribution in [0.25, 0.3) is 0 Å². The fourth-order valence-electron chi connectivity index (χ4n) is 1.74. The molecule has 0 spiro atoms. The highest BCUT2D eigenvalue weighted by atomic mass is 32.2. The van der Waals surface area contributed by atoms with E-state index in [0.717, 1.165) is 37.2 Å². The molecule has 1 aliphatic heterocycles. The minimum Gasteiger partial charge on any atom is -0.303 e. The molecule has 0 aromatic heterocycles. The Balaban J connectivity index is 2.57. The predicted octanol–water partition coefficient (Wildman–Crippen LogP) is 3.06. The summed E-state index contributed by atoms with van der Waals surface area (Å²) in [6.45, 7) is 6.10. The van der Waals surface area contributed by atoms with Crippen molar-refractivity contribution in [2.45, 2.75) is 32.6 Å². The number of aldehydes is 1. The third-order valence-corrected chi connectivity index (χ3v) is 3.83. The first-order chi connectivity index (χ1) is 6.22. The highest BCUT2D eigenvalue weighted by Crippen LogP contribution is 2.38. The van der Waals surface area contributed by atoms with Crippen molar-refractivity contribution in [2.75, 3.05) is 11.5 Å². The Kier molecular flexibility index (Phi) is 4.04. The molecule has 0 aromatic rings. The first-order valence-corrected chi connectivity index (χ1v) is 6.08. The molecular weight excluding hydrogens is 180 g/mol. The van der Waals surface area contributed by atoms with Gasteiger partial charge < -0.3 is 4.79 Å². The smallest absolute Gasteiger partial charge is 0.126 e. The molecule has 0 radical (unpaired) electrons. The summed E-state index contributed by atoms with van der Waals surface area (Å²) in [6.07, 6.45) is 5.17. The fraction of sp³-hybridized carbons (Fsp3) is 0.727. The van der Waals surface area contributed by atoms with Crippen molar-refractivity contribution in [2.24, 2.45) is 5.41 Å². The van der Waals surface area contributed by atoms with Gasteiger partial charge in [0.1, 0.15) is 6.29 Å². The van der Waals surface area contributed by atoms with Gasteiger partial charge in [-0.15, -0.1) is 0 Å². The summed E-state index contributed by atoms with van der Waals surface area (Å²) in [7, 11) is 0. The van der Waals surface area contributed by atoms with Crippen LogP contribution >= 0.6 is 11.8 Å². The van der Waals surface area contributed by atoms with E-state index in [9.17, 15) is 4.79 Å². The zero-order valence-electron chi connectivity index (χ0n) is 8.34. The second-order valence-electron chi connectivity index (χ2n) is 3.87. The van der Waals surface area contributed by atoms with Gasteiger partial charge in [-0.05, 0) is 37.2 Å². The van der Waals surface area contributed by atoms with E-state index in [-0.39, 0.29) is 5.41 Å². The lowest BCUT2D eigenvalue weighted by molar-refractivity contribution is -0.116. The van der Waals surface area contributed by atoms with Crippen LogP contribution in [-0.4, -0.2) is 17.8 Å². The molecule has 1 saturated heterocycles. The quantitative estimate of drug-likeness (QED) is 0.510. The van der Waals surface area contributed by atoms with Gasteiger partial charge >= 0.3 is 0 Å². The van der Waals surface area contributed by atoms with Crippen LogP contribution in [0.4, 0.5) is 0 Å². The average Bonchev–Trinajstić information content (AvgIpc) is 2.19. The third kappa shape index (κ3) is 2.87. The number of carbonyl (C=O) groups excluding carboxylic acids is 1. The molecule has 0 aromatic carbocycles. The zero-order chi connectivity index (χ0) is 9.73. The minimum absolute atomic E-state index is 0.0572. The minimum atomic E-state index is -0.0572. The van der Waals surface area contributed by atoms with Crippen molar-refractivity contribution < 1.29 is 4.79 Å². The molecule has 1 fully saturated rings. The summed E-state index contributed by atoms with van der Waals surface area (Å²) in [4.78, 5) is 11.1. The highest BCUT2D eigenvalue weighted by molar-refractivity contribution is 7.99. The van der Waals surface area contributed by atoms with Crippen LogP contribution in [0.2, 0.25) is 0 Å². The lowest BCUT2D eigenvalue weighted by atomic mass is 9.77. The second-order valence-corrected chi connectivity index (χ2v) is 5.10. The molecule has 1 rings (SSSR count). The Bertz CT molecular complexity index is 192. The van der Waals surface area contributed by atoms with Crippen molar-refractivity contribution in [1.82, 2.24) is 0 Å². The van der Waals surface area contributed by atoms with E-state index >= 15 is 0 Å². The SMILES string of the molecule is C=C(CC)CC1(C=O)CCSCC1. The van der Waals surface area contributed by atoms with E-state index in [1.807, 2.05) is 11.8 Å². The molecule has 0 N–H and O–H groups in total. The number of hydrogen-bond acceptors (Lipinski definition) is 2. The van der Waals surface area contributed by atoms with Crippen molar-refractivity contribution in [1.29, 1.82) is 0 Å². The normalized spacial score (nSPS) is 21.0. The molecule has 0 bridgehead atoms. The van der Waals surface area contributed by atoms with Crippen molar-refractivity contribution in [3.8, 4) is 0 Å². The number of carbonyl (C=O) groups is 1. The monoisotopic (exact) mass is 198 g/mol. The Morgan fingerprint density at radius 2 is 2.15 bits per heavy atom. The van der Waals surface area contributed by atoms with Crippen molar-refractivity contribution >= 4 is 18.0 Å². The maximum Gasteiger partial charge on any atom is 0.126 e. The van der Waals surface area contributed by atoms with Gasteiger partial charge in [-0.3, -0.25) is 0 Å². The van der Waals surface area contributed by atoms with Gasteiger partial charge in [0.15, 0.2) is 0 Å². The fourth-order valence-corrected chi connectivity index (χ4v) is 3.04. The summed E-state index contributed by atoms with van der Waals surface area (Å²) < 4.78 is 0. The molecule has 74 valence electrons. The van der Waals surface area contributed by atoms with E-state index < -0.39 is 0 Å². The first-order valence-electron chi connectivity index (χ1n) is 4.93. The van der Waals surface area contributed by atoms with Crippen LogP contribution in [0.5, 0.6) is 0 Å². The Hall–Kier alpha value is -0.240. The Morgan fingerprint density at radius 3 is 2.62 bits per heavy atom. The number of allylic oxidation sites excluding steroid dienone is 1. The standard InChI is InChI=1S/C11H18OS/c1-3-10(2)8-11(9-12)4-6-13-7-5-11/h9H,2-8H2,1H3. The summed E-state index contributed by atoms with van der Waals surface area (Å²) in [5.74, 6) is 2.27. The third-order valence-electron chi connectivity index (χ3n) is 2.84. The number of hydrogen-bond donors (Lipinski definition) is 0. The molecule has 0 saturated carbocycles. The maximum absolute atomic E-state index is 11.1. The van der Waals surface area contributed by atoms with Gasteiger partial charge in [0.25, 0.3) is 0 Å². The predicted molar refractivity (Wildman–Crippen MR) is 59.1 cm³/mol. The Morgan fingerprint density at radius 1 is 1.54 bits per heavy atom. The summed E-state index contributed by atoms with van der Waals surface area (Å²) in [5.41, 5.74) is 1.16. The van der Waals surface area contributed by atoms with Gasteiger partial charge in [-0.1, -0.05) is 19.1 Å². The van der Waals surface area contributed by atoms with E-state index in [4.69, 9.17) is 0 Å². The molecular formula is C11H18OS. The largest absolute Gasteiger partial charge is 0.303 e. The topological polar surface area (TPSA) is 17.1 Å². The molecule has 0 atom stereocenters. The van der Waals surface area contributed by atoms with Gasteiger partial charge in [0.05, 0.1) is 0 Å². The number of thioether (sulfide) groups is 1. The van der Waals surface area contributed by atoms with Crippen molar-refractivity contribution in [3.05, 3.63) is 12.2 Å². The van der Waals surface area contributed by atoms with Crippen LogP contribution in [-0.2, 0) is 4.79 Å². The van der Waals surface area contributed by atoms with E-state index in [2.05, 4.69) is 13.5 Å². The van der Waals surface area contributed by atoms with Crippen LogP contribution in [0.1, 0.15) is 32.6 Å². The van der Waals surface area contributed by atoms with Gasteiger partial charge in [0, 0.05) is 5.41 Å². The maximum atomic E-state index is 11.1. The molecule has 1 aliphatic rings. The van der Waals surface area contributed by atoms with E-state index in [1.54, 1.807) is 0 Å². The number of rotatable bonds is 4. The molecule has 0 amide bonds. The van der Waals surface area contributed by atoms with Crippen LogP contribution in [0, 0.1) is 5.41 Å². The summed E-state index contributed by atoms with van der Waals surface area (Å²) in [5, 5.41) is 0. The molecule has 0 unspecified atom stereocenters. The second kappa shape index (κ2) is 4.85. The molecule has 1 nitrogen and oxygen atoms in total. The molecule has 13 heavy (non-hydrogen) atoms. The summed E-state index contributed by atoms with van der Waals surface area (Å²) >= 11 is 1.96. The lowest BCUT2D eigenvalue weighted by Crippen LogP contribution is -2.28. The van der Waals surface area contributed by atoms with Crippen LogP contribution in [0.15, 0.2) is 12.2 Å². The van der Waals surface area contributed by atoms with Gasteiger partial charge in [-0.25, -0.2) is 0 Å². The lowest BCUT2D eigenvalue weighted by Gasteiger charge is -2.32. The van der Waals surface area contributed by atoms with Crippen LogP contribution < -0.4 is 0 Å². The Labute approximate surface area is 85.0 Å². The van der Waals surface area contributed by atoms with Crippen LogP contribution in [0.3, 0.4) is 0 Å². The van der Waals surface area contributed by atoms with E-state index in [0.29, 0.717) is 0 Å². The molecule has 2 heteroatoms. The van der Waals surface area contributed by atoms with Crippen molar-refractivity contribution in [3.63, 3.8) is 0 Å².